The van der Waals surface area contributed by atoms with Crippen molar-refractivity contribution in [3.05, 3.63) is 89.0 Å². The average molecular weight is 471 g/mol. The number of hydrogen-bond acceptors (Lipinski definition) is 4. The van der Waals surface area contributed by atoms with Crippen LogP contribution in [-0.4, -0.2) is 35.2 Å². The van der Waals surface area contributed by atoms with Crippen LogP contribution in [0.2, 0.25) is 0 Å². The summed E-state index contributed by atoms with van der Waals surface area (Å²) in [6.07, 6.45) is 1.13. The molecule has 3 N–H and O–H groups in total. The molecule has 0 bridgehead atoms. The van der Waals surface area contributed by atoms with E-state index < -0.39 is 17.6 Å². The van der Waals surface area contributed by atoms with Gasteiger partial charge < -0.3 is 20.5 Å². The molecule has 0 heterocycles. The fourth-order valence-corrected chi connectivity index (χ4v) is 4.95. The van der Waals surface area contributed by atoms with Crippen LogP contribution in [-0.2, 0) is 9.53 Å². The molecule has 0 radical (unpaired) electrons. The van der Waals surface area contributed by atoms with E-state index in [1.54, 1.807) is 19.1 Å². The third kappa shape index (κ3) is 4.14. The quantitative estimate of drug-likeness (QED) is 0.465. The van der Waals surface area contributed by atoms with Crippen LogP contribution in [0.5, 0.6) is 0 Å². The molecule has 7 nitrogen and oxygen atoms in total. The topological polar surface area (TPSA) is 105 Å². The molecule has 178 valence electrons. The van der Waals surface area contributed by atoms with E-state index in [1.807, 2.05) is 24.3 Å². The van der Waals surface area contributed by atoms with Gasteiger partial charge in [0.2, 0.25) is 5.91 Å². The van der Waals surface area contributed by atoms with Gasteiger partial charge in [-0.15, -0.1) is 0 Å². The normalized spacial score (nSPS) is 15.3. The van der Waals surface area contributed by atoms with Gasteiger partial charge in [-0.05, 0) is 66.1 Å². The van der Waals surface area contributed by atoms with Crippen LogP contribution in [0.3, 0.4) is 0 Å². The number of hydrogen-bond donors (Lipinski definition) is 3. The average Bonchev–Trinajstić information content (AvgIpc) is 3.15. The standard InChI is InChI=1S/C28H26N2O5/c1-17-11-12-18(15-23(17)25(31)32)29-26(33)28(13-6-14-28)30-27(34)35-16-24-21-9-4-2-7-19(21)20-8-3-5-10-22(20)24/h2-5,7-12,15,24H,6,13-14,16H2,1H3,(H,29,33)(H,30,34)(H,31,32). The Kier molecular flexibility index (Phi) is 5.76. The molecule has 1 saturated carbocycles. The summed E-state index contributed by atoms with van der Waals surface area (Å²) in [5.74, 6) is -1.51. The van der Waals surface area contributed by atoms with Crippen LogP contribution in [0, 0.1) is 6.92 Å². The monoisotopic (exact) mass is 470 g/mol. The number of carbonyl (C=O) groups is 3. The Balaban J connectivity index is 1.26. The van der Waals surface area contributed by atoms with Gasteiger partial charge >= 0.3 is 12.1 Å². The lowest BCUT2D eigenvalue weighted by atomic mass is 9.76. The molecule has 35 heavy (non-hydrogen) atoms. The molecule has 2 aliphatic carbocycles. The van der Waals surface area contributed by atoms with Gasteiger partial charge in [-0.2, -0.15) is 0 Å². The van der Waals surface area contributed by atoms with Crippen LogP contribution in [0.1, 0.15) is 52.2 Å². The summed E-state index contributed by atoms with van der Waals surface area (Å²) in [7, 11) is 0. The summed E-state index contributed by atoms with van der Waals surface area (Å²) in [6.45, 7) is 1.86. The minimum Gasteiger partial charge on any atom is -0.478 e. The second kappa shape index (κ2) is 8.91. The third-order valence-electron chi connectivity index (χ3n) is 7.05. The maximum atomic E-state index is 13.1. The van der Waals surface area contributed by atoms with E-state index in [0.29, 0.717) is 24.1 Å². The fourth-order valence-electron chi connectivity index (χ4n) is 4.95. The minimum atomic E-state index is -1.07. The summed E-state index contributed by atoms with van der Waals surface area (Å²) >= 11 is 0. The van der Waals surface area contributed by atoms with Crippen molar-refractivity contribution in [1.82, 2.24) is 5.32 Å². The van der Waals surface area contributed by atoms with E-state index >= 15 is 0 Å². The molecular formula is C28H26N2O5. The summed E-state index contributed by atoms with van der Waals surface area (Å²) in [5.41, 5.74) is 4.55. The highest BCUT2D eigenvalue weighted by Crippen LogP contribution is 2.44. The largest absolute Gasteiger partial charge is 0.478 e. The molecule has 0 saturated heterocycles. The van der Waals surface area contributed by atoms with E-state index in [4.69, 9.17) is 4.74 Å². The number of carbonyl (C=O) groups excluding carboxylic acids is 2. The smallest absolute Gasteiger partial charge is 0.408 e. The SMILES string of the molecule is Cc1ccc(NC(=O)C2(NC(=O)OCC3c4ccccc4-c4ccccc43)CCC2)cc1C(=O)O. The van der Waals surface area contributed by atoms with E-state index in [-0.39, 0.29) is 24.0 Å². The summed E-state index contributed by atoms with van der Waals surface area (Å²) in [4.78, 5) is 37.3. The summed E-state index contributed by atoms with van der Waals surface area (Å²) in [6, 6.07) is 20.9. The molecule has 0 spiro atoms. The lowest BCUT2D eigenvalue weighted by Gasteiger charge is -2.40. The van der Waals surface area contributed by atoms with Crippen molar-refractivity contribution in [1.29, 1.82) is 0 Å². The first-order valence-corrected chi connectivity index (χ1v) is 11.7. The van der Waals surface area contributed by atoms with Crippen molar-refractivity contribution in [3.8, 4) is 11.1 Å². The van der Waals surface area contributed by atoms with Gasteiger partial charge in [0.05, 0.1) is 5.56 Å². The van der Waals surface area contributed by atoms with Crippen LogP contribution >= 0.6 is 0 Å². The highest BCUT2D eigenvalue weighted by atomic mass is 16.5. The number of nitrogens with one attached hydrogen (secondary N) is 2. The van der Waals surface area contributed by atoms with Crippen molar-refractivity contribution in [2.24, 2.45) is 0 Å². The molecule has 0 atom stereocenters. The van der Waals surface area contributed by atoms with Crippen molar-refractivity contribution < 1.29 is 24.2 Å². The van der Waals surface area contributed by atoms with Crippen LogP contribution in [0.4, 0.5) is 10.5 Å². The van der Waals surface area contributed by atoms with Gasteiger partial charge in [-0.1, -0.05) is 54.6 Å². The lowest BCUT2D eigenvalue weighted by molar-refractivity contribution is -0.125. The van der Waals surface area contributed by atoms with Gasteiger partial charge in [0, 0.05) is 11.6 Å². The van der Waals surface area contributed by atoms with Crippen molar-refractivity contribution in [3.63, 3.8) is 0 Å². The van der Waals surface area contributed by atoms with Crippen molar-refractivity contribution in [2.45, 2.75) is 37.6 Å². The molecule has 2 amide bonds. The molecule has 3 aromatic rings. The predicted octanol–water partition coefficient (Wildman–Crippen LogP) is 5.09. The van der Waals surface area contributed by atoms with E-state index in [0.717, 1.165) is 28.7 Å². The maximum absolute atomic E-state index is 13.1. The molecule has 1 fully saturated rings. The van der Waals surface area contributed by atoms with E-state index in [1.165, 1.54) is 6.07 Å². The van der Waals surface area contributed by atoms with Crippen molar-refractivity contribution in [2.75, 3.05) is 11.9 Å². The van der Waals surface area contributed by atoms with Gasteiger partial charge in [0.25, 0.3) is 0 Å². The van der Waals surface area contributed by atoms with Gasteiger partial charge in [-0.3, -0.25) is 4.79 Å². The zero-order valence-corrected chi connectivity index (χ0v) is 19.3. The zero-order chi connectivity index (χ0) is 24.6. The Morgan fingerprint density at radius 3 is 2.17 bits per heavy atom. The first kappa shape index (κ1) is 22.7. The zero-order valence-electron chi connectivity index (χ0n) is 19.3. The van der Waals surface area contributed by atoms with Crippen LogP contribution in [0.25, 0.3) is 11.1 Å². The number of aryl methyl sites for hydroxylation is 1. The number of carboxylic acids is 1. The molecule has 0 aliphatic heterocycles. The Bertz CT molecular complexity index is 1280. The minimum absolute atomic E-state index is 0.0682. The number of fused-ring (bicyclic) bond motifs is 3. The number of carboxylic acid groups (broad SMARTS) is 1. The number of aromatic carboxylic acids is 1. The number of rotatable bonds is 6. The Hall–Kier alpha value is -4.13. The molecule has 3 aromatic carbocycles. The van der Waals surface area contributed by atoms with Crippen LogP contribution in [0.15, 0.2) is 66.7 Å². The predicted molar refractivity (Wildman–Crippen MR) is 132 cm³/mol. The highest BCUT2D eigenvalue weighted by molar-refractivity contribution is 6.01. The summed E-state index contributed by atoms with van der Waals surface area (Å²) in [5, 5.41) is 14.9. The van der Waals surface area contributed by atoms with E-state index in [9.17, 15) is 19.5 Å². The number of anilines is 1. The summed E-state index contributed by atoms with van der Waals surface area (Å²) < 4.78 is 5.63. The Labute approximate surface area is 203 Å². The Morgan fingerprint density at radius 2 is 1.60 bits per heavy atom. The number of amides is 2. The van der Waals surface area contributed by atoms with Gasteiger partial charge in [-0.25, -0.2) is 9.59 Å². The lowest BCUT2D eigenvalue weighted by Crippen LogP contribution is -2.61. The third-order valence-corrected chi connectivity index (χ3v) is 7.05. The molecule has 5 rings (SSSR count). The van der Waals surface area contributed by atoms with E-state index in [2.05, 4.69) is 34.9 Å². The molecule has 0 aromatic heterocycles. The molecule has 7 heteroatoms. The number of ether oxygens (including phenoxy) is 1. The second-order valence-corrected chi connectivity index (χ2v) is 9.18. The number of benzene rings is 3. The highest BCUT2D eigenvalue weighted by Gasteiger charge is 2.46. The van der Waals surface area contributed by atoms with Gasteiger partial charge in [0.15, 0.2) is 0 Å². The van der Waals surface area contributed by atoms with Gasteiger partial charge in [0.1, 0.15) is 12.1 Å². The first-order chi connectivity index (χ1) is 16.9. The fraction of sp³-hybridized carbons (Fsp3) is 0.250. The second-order valence-electron chi connectivity index (χ2n) is 9.18. The Morgan fingerprint density at radius 1 is 0.971 bits per heavy atom. The van der Waals surface area contributed by atoms with Crippen molar-refractivity contribution >= 4 is 23.7 Å². The first-order valence-electron chi connectivity index (χ1n) is 11.7. The maximum Gasteiger partial charge on any atom is 0.408 e. The molecule has 0 unspecified atom stereocenters. The number of alkyl carbamates (subject to hydrolysis) is 1. The molecule has 2 aliphatic rings. The van der Waals surface area contributed by atoms with Crippen LogP contribution < -0.4 is 10.6 Å². The molecular weight excluding hydrogens is 444 g/mol.